The minimum absolute atomic E-state index is 0.0879. The maximum atomic E-state index is 11.0. The van der Waals surface area contributed by atoms with E-state index in [2.05, 4.69) is 5.32 Å². The summed E-state index contributed by atoms with van der Waals surface area (Å²) in [5, 5.41) is 12.3. The predicted octanol–water partition coefficient (Wildman–Crippen LogP) is 2.35. The van der Waals surface area contributed by atoms with Crippen LogP contribution < -0.4 is 5.32 Å². The molecule has 0 aromatic heterocycles. The SMILES string of the molecule is O=C(O)C1CCCC1Nc1ccccc1. The summed E-state index contributed by atoms with van der Waals surface area (Å²) >= 11 is 0. The number of anilines is 1. The van der Waals surface area contributed by atoms with E-state index in [-0.39, 0.29) is 12.0 Å². The van der Waals surface area contributed by atoms with Crippen LogP contribution in [0.25, 0.3) is 0 Å². The van der Waals surface area contributed by atoms with Crippen molar-refractivity contribution in [2.24, 2.45) is 5.92 Å². The molecule has 15 heavy (non-hydrogen) atoms. The maximum Gasteiger partial charge on any atom is 0.308 e. The van der Waals surface area contributed by atoms with Gasteiger partial charge in [0.25, 0.3) is 0 Å². The standard InChI is InChI=1S/C12H15NO2/c14-12(15)10-7-4-8-11(10)13-9-5-2-1-3-6-9/h1-3,5-6,10-11,13H,4,7-8H2,(H,14,15). The van der Waals surface area contributed by atoms with E-state index in [0.29, 0.717) is 0 Å². The van der Waals surface area contributed by atoms with Crippen molar-refractivity contribution in [3.05, 3.63) is 30.3 Å². The zero-order valence-electron chi connectivity index (χ0n) is 8.52. The lowest BCUT2D eigenvalue weighted by Gasteiger charge is -2.18. The van der Waals surface area contributed by atoms with Gasteiger partial charge in [0.05, 0.1) is 5.92 Å². The summed E-state index contributed by atoms with van der Waals surface area (Å²) in [6.07, 6.45) is 2.74. The highest BCUT2D eigenvalue weighted by molar-refractivity contribution is 5.72. The first-order valence-corrected chi connectivity index (χ1v) is 5.32. The Hall–Kier alpha value is -1.51. The highest BCUT2D eigenvalue weighted by atomic mass is 16.4. The summed E-state index contributed by atoms with van der Waals surface area (Å²) in [6, 6.07) is 9.88. The van der Waals surface area contributed by atoms with Crippen LogP contribution in [0.4, 0.5) is 5.69 Å². The molecular weight excluding hydrogens is 190 g/mol. The highest BCUT2D eigenvalue weighted by Gasteiger charge is 2.32. The number of carboxylic acids is 1. The molecule has 1 aromatic carbocycles. The summed E-state index contributed by atoms with van der Waals surface area (Å²) in [6.45, 7) is 0. The third kappa shape index (κ3) is 2.29. The van der Waals surface area contributed by atoms with Crippen molar-refractivity contribution in [2.45, 2.75) is 25.3 Å². The fourth-order valence-corrected chi connectivity index (χ4v) is 2.18. The van der Waals surface area contributed by atoms with Gasteiger partial charge in [-0.2, -0.15) is 0 Å². The second kappa shape index (κ2) is 4.34. The first-order valence-electron chi connectivity index (χ1n) is 5.32. The Bertz CT molecular complexity index is 337. The number of aliphatic carboxylic acids is 1. The average molecular weight is 205 g/mol. The molecule has 0 radical (unpaired) electrons. The molecule has 1 aliphatic carbocycles. The number of para-hydroxylation sites is 1. The molecule has 0 amide bonds. The van der Waals surface area contributed by atoms with Crippen LogP contribution in [0.5, 0.6) is 0 Å². The largest absolute Gasteiger partial charge is 0.481 e. The molecule has 2 atom stereocenters. The lowest BCUT2D eigenvalue weighted by Crippen LogP contribution is -2.29. The first kappa shape index (κ1) is 10.0. The van der Waals surface area contributed by atoms with Gasteiger partial charge in [-0.3, -0.25) is 4.79 Å². The number of nitrogens with one attached hydrogen (secondary N) is 1. The van der Waals surface area contributed by atoms with E-state index in [1.54, 1.807) is 0 Å². The van der Waals surface area contributed by atoms with Crippen molar-refractivity contribution < 1.29 is 9.90 Å². The smallest absolute Gasteiger partial charge is 0.308 e. The van der Waals surface area contributed by atoms with Crippen LogP contribution in [0.2, 0.25) is 0 Å². The minimum Gasteiger partial charge on any atom is -0.481 e. The Labute approximate surface area is 89.1 Å². The molecule has 2 N–H and O–H groups in total. The second-order valence-electron chi connectivity index (χ2n) is 3.99. The highest BCUT2D eigenvalue weighted by Crippen LogP contribution is 2.28. The van der Waals surface area contributed by atoms with Crippen LogP contribution in [0.3, 0.4) is 0 Å². The van der Waals surface area contributed by atoms with Crippen molar-refractivity contribution in [2.75, 3.05) is 5.32 Å². The number of hydrogen-bond donors (Lipinski definition) is 2. The number of benzene rings is 1. The molecule has 0 saturated heterocycles. The molecule has 1 aliphatic rings. The molecular formula is C12H15NO2. The van der Waals surface area contributed by atoms with Gasteiger partial charge < -0.3 is 10.4 Å². The zero-order chi connectivity index (χ0) is 10.7. The molecule has 0 spiro atoms. The maximum absolute atomic E-state index is 11.0. The molecule has 0 aliphatic heterocycles. The van der Waals surface area contributed by atoms with E-state index in [0.717, 1.165) is 24.9 Å². The zero-order valence-corrected chi connectivity index (χ0v) is 8.52. The van der Waals surface area contributed by atoms with Gasteiger partial charge in [0.1, 0.15) is 0 Å². The Kier molecular flexibility index (Phi) is 2.90. The van der Waals surface area contributed by atoms with Gasteiger partial charge in [-0.15, -0.1) is 0 Å². The van der Waals surface area contributed by atoms with E-state index >= 15 is 0 Å². The van der Waals surface area contributed by atoms with Gasteiger partial charge in [-0.25, -0.2) is 0 Å². The van der Waals surface area contributed by atoms with Crippen LogP contribution in [0.1, 0.15) is 19.3 Å². The molecule has 2 rings (SSSR count). The van der Waals surface area contributed by atoms with Crippen LogP contribution >= 0.6 is 0 Å². The molecule has 0 heterocycles. The summed E-state index contributed by atoms with van der Waals surface area (Å²) in [5.74, 6) is -0.911. The Balaban J connectivity index is 2.03. The summed E-state index contributed by atoms with van der Waals surface area (Å²) in [7, 11) is 0. The van der Waals surface area contributed by atoms with E-state index in [1.807, 2.05) is 30.3 Å². The van der Waals surface area contributed by atoms with E-state index in [1.165, 1.54) is 0 Å². The molecule has 1 saturated carbocycles. The van der Waals surface area contributed by atoms with E-state index < -0.39 is 5.97 Å². The van der Waals surface area contributed by atoms with Gasteiger partial charge >= 0.3 is 5.97 Å². The first-order chi connectivity index (χ1) is 7.27. The minimum atomic E-state index is -0.680. The van der Waals surface area contributed by atoms with Gasteiger partial charge in [0.2, 0.25) is 0 Å². The quantitative estimate of drug-likeness (QED) is 0.796. The molecule has 3 nitrogen and oxygen atoms in total. The van der Waals surface area contributed by atoms with E-state index in [9.17, 15) is 4.79 Å². The normalized spacial score (nSPS) is 25.1. The average Bonchev–Trinajstić information content (AvgIpc) is 2.67. The summed E-state index contributed by atoms with van der Waals surface area (Å²) in [4.78, 5) is 11.0. The van der Waals surface area contributed by atoms with Crippen LogP contribution in [0, 0.1) is 5.92 Å². The number of carbonyl (C=O) groups is 1. The Morgan fingerprint density at radius 3 is 2.67 bits per heavy atom. The van der Waals surface area contributed by atoms with Crippen molar-refractivity contribution in [3.63, 3.8) is 0 Å². The number of hydrogen-bond acceptors (Lipinski definition) is 2. The van der Waals surface area contributed by atoms with Crippen LogP contribution in [0.15, 0.2) is 30.3 Å². The van der Waals surface area contributed by atoms with Crippen molar-refractivity contribution in [1.82, 2.24) is 0 Å². The Morgan fingerprint density at radius 1 is 1.27 bits per heavy atom. The molecule has 1 fully saturated rings. The Morgan fingerprint density at radius 2 is 2.00 bits per heavy atom. The van der Waals surface area contributed by atoms with Gasteiger partial charge in [0, 0.05) is 11.7 Å². The van der Waals surface area contributed by atoms with Crippen molar-refractivity contribution in [3.8, 4) is 0 Å². The molecule has 80 valence electrons. The van der Waals surface area contributed by atoms with Gasteiger partial charge in [-0.05, 0) is 25.0 Å². The third-order valence-electron chi connectivity index (χ3n) is 2.96. The molecule has 2 unspecified atom stereocenters. The lowest BCUT2D eigenvalue weighted by atomic mass is 10.0. The molecule has 1 aromatic rings. The van der Waals surface area contributed by atoms with Crippen molar-refractivity contribution >= 4 is 11.7 Å². The molecule has 3 heteroatoms. The van der Waals surface area contributed by atoms with Crippen molar-refractivity contribution in [1.29, 1.82) is 0 Å². The number of rotatable bonds is 3. The van der Waals surface area contributed by atoms with Gasteiger partial charge in [0.15, 0.2) is 0 Å². The topological polar surface area (TPSA) is 49.3 Å². The summed E-state index contributed by atoms with van der Waals surface area (Å²) in [5.41, 5.74) is 1.01. The lowest BCUT2D eigenvalue weighted by molar-refractivity contribution is -0.141. The fourth-order valence-electron chi connectivity index (χ4n) is 2.18. The van der Waals surface area contributed by atoms with Crippen LogP contribution in [-0.2, 0) is 4.79 Å². The second-order valence-corrected chi connectivity index (χ2v) is 3.99. The third-order valence-corrected chi connectivity index (χ3v) is 2.96. The predicted molar refractivity (Wildman–Crippen MR) is 58.8 cm³/mol. The summed E-state index contributed by atoms with van der Waals surface area (Å²) < 4.78 is 0. The van der Waals surface area contributed by atoms with Gasteiger partial charge in [-0.1, -0.05) is 24.6 Å². The number of carboxylic acid groups (broad SMARTS) is 1. The monoisotopic (exact) mass is 205 g/mol. The molecule has 0 bridgehead atoms. The van der Waals surface area contributed by atoms with Crippen LogP contribution in [-0.4, -0.2) is 17.1 Å². The fraction of sp³-hybridized carbons (Fsp3) is 0.417. The van der Waals surface area contributed by atoms with E-state index in [4.69, 9.17) is 5.11 Å².